The Morgan fingerprint density at radius 2 is 1.89 bits per heavy atom. The van der Waals surface area contributed by atoms with Crippen molar-refractivity contribution in [3.05, 3.63) is 35.4 Å². The van der Waals surface area contributed by atoms with Crippen molar-refractivity contribution < 1.29 is 4.74 Å². The molecule has 0 aromatic heterocycles. The minimum Gasteiger partial charge on any atom is -0.381 e. The molecule has 0 unspecified atom stereocenters. The summed E-state index contributed by atoms with van der Waals surface area (Å²) in [6, 6.07) is 9.80. The molecular formula is C15H22N2O. The number of nitrogens with zero attached hydrogens (tertiary/aromatic N) is 1. The van der Waals surface area contributed by atoms with Crippen LogP contribution in [-0.2, 0) is 11.3 Å². The average molecular weight is 246 g/mol. The van der Waals surface area contributed by atoms with Crippen LogP contribution in [0.15, 0.2) is 24.3 Å². The molecule has 0 atom stereocenters. The van der Waals surface area contributed by atoms with E-state index in [-0.39, 0.29) is 0 Å². The second-order valence-electron chi connectivity index (χ2n) is 4.30. The standard InChI is InChI=1S/C15H22N2O/c1-2-3-10-18-11-4-9-17-13-15-7-5-14(12-16)6-8-15/h5-8,17H,2-4,9-11,13H2,1H3. The molecule has 98 valence electrons. The summed E-state index contributed by atoms with van der Waals surface area (Å²) < 4.78 is 5.48. The fourth-order valence-electron chi connectivity index (χ4n) is 1.58. The van der Waals surface area contributed by atoms with E-state index in [1.165, 1.54) is 12.0 Å². The van der Waals surface area contributed by atoms with Gasteiger partial charge in [0, 0.05) is 19.8 Å². The van der Waals surface area contributed by atoms with Gasteiger partial charge in [-0.3, -0.25) is 0 Å². The molecule has 18 heavy (non-hydrogen) atoms. The molecular weight excluding hydrogens is 224 g/mol. The largest absolute Gasteiger partial charge is 0.381 e. The van der Waals surface area contributed by atoms with E-state index in [0.29, 0.717) is 5.56 Å². The van der Waals surface area contributed by atoms with Crippen LogP contribution in [0.1, 0.15) is 37.3 Å². The van der Waals surface area contributed by atoms with Crippen LogP contribution < -0.4 is 5.32 Å². The van der Waals surface area contributed by atoms with Gasteiger partial charge in [0.1, 0.15) is 0 Å². The van der Waals surface area contributed by atoms with Crippen LogP contribution in [0.2, 0.25) is 0 Å². The number of nitrogens with one attached hydrogen (secondary N) is 1. The topological polar surface area (TPSA) is 45.0 Å². The van der Waals surface area contributed by atoms with Gasteiger partial charge >= 0.3 is 0 Å². The molecule has 0 heterocycles. The molecule has 0 bridgehead atoms. The van der Waals surface area contributed by atoms with Gasteiger partial charge in [-0.1, -0.05) is 25.5 Å². The van der Waals surface area contributed by atoms with Crippen LogP contribution >= 0.6 is 0 Å². The summed E-state index contributed by atoms with van der Waals surface area (Å²) in [4.78, 5) is 0. The second-order valence-corrected chi connectivity index (χ2v) is 4.30. The Labute approximate surface area is 110 Å². The lowest BCUT2D eigenvalue weighted by atomic mass is 10.1. The zero-order valence-corrected chi connectivity index (χ0v) is 11.1. The first-order chi connectivity index (χ1) is 8.86. The number of hydrogen-bond donors (Lipinski definition) is 1. The van der Waals surface area contributed by atoms with Crippen molar-refractivity contribution in [2.45, 2.75) is 32.7 Å². The minimum absolute atomic E-state index is 0.711. The Morgan fingerprint density at radius 1 is 1.17 bits per heavy atom. The van der Waals surface area contributed by atoms with Crippen LogP contribution in [0.5, 0.6) is 0 Å². The lowest BCUT2D eigenvalue weighted by Crippen LogP contribution is -2.16. The molecule has 0 aliphatic rings. The maximum atomic E-state index is 8.68. The molecule has 0 saturated carbocycles. The summed E-state index contributed by atoms with van der Waals surface area (Å²) in [5.41, 5.74) is 1.92. The van der Waals surface area contributed by atoms with Crippen molar-refractivity contribution in [2.75, 3.05) is 19.8 Å². The van der Waals surface area contributed by atoms with Gasteiger partial charge in [-0.2, -0.15) is 5.26 Å². The molecule has 0 saturated heterocycles. The monoisotopic (exact) mass is 246 g/mol. The van der Waals surface area contributed by atoms with Crippen LogP contribution in [0.4, 0.5) is 0 Å². The number of ether oxygens (including phenoxy) is 1. The molecule has 0 aliphatic carbocycles. The van der Waals surface area contributed by atoms with Crippen molar-refractivity contribution in [3.8, 4) is 6.07 Å². The molecule has 1 rings (SSSR count). The van der Waals surface area contributed by atoms with E-state index in [1.807, 2.05) is 24.3 Å². The Balaban J connectivity index is 2.02. The molecule has 1 N–H and O–H groups in total. The quantitative estimate of drug-likeness (QED) is 0.681. The van der Waals surface area contributed by atoms with Gasteiger partial charge in [-0.25, -0.2) is 0 Å². The van der Waals surface area contributed by atoms with Gasteiger partial charge in [-0.05, 0) is 37.1 Å². The summed E-state index contributed by atoms with van der Waals surface area (Å²) in [5.74, 6) is 0. The van der Waals surface area contributed by atoms with Crippen LogP contribution in [-0.4, -0.2) is 19.8 Å². The van der Waals surface area contributed by atoms with Gasteiger partial charge in [0.2, 0.25) is 0 Å². The fourth-order valence-corrected chi connectivity index (χ4v) is 1.58. The molecule has 0 aliphatic heterocycles. The van der Waals surface area contributed by atoms with E-state index in [0.717, 1.165) is 39.1 Å². The maximum absolute atomic E-state index is 8.68. The van der Waals surface area contributed by atoms with Crippen molar-refractivity contribution in [1.82, 2.24) is 5.32 Å². The number of nitriles is 1. The summed E-state index contributed by atoms with van der Waals surface area (Å²) in [5, 5.41) is 12.1. The lowest BCUT2D eigenvalue weighted by Gasteiger charge is -2.06. The van der Waals surface area contributed by atoms with Crippen LogP contribution in [0.25, 0.3) is 0 Å². The Morgan fingerprint density at radius 3 is 2.56 bits per heavy atom. The summed E-state index contributed by atoms with van der Waals surface area (Å²) in [7, 11) is 0. The molecule has 0 amide bonds. The van der Waals surface area contributed by atoms with Gasteiger partial charge in [0.15, 0.2) is 0 Å². The predicted octanol–water partition coefficient (Wildman–Crippen LogP) is 2.85. The number of benzene rings is 1. The molecule has 0 spiro atoms. The SMILES string of the molecule is CCCCOCCCNCc1ccc(C#N)cc1. The summed E-state index contributed by atoms with van der Waals surface area (Å²) >= 11 is 0. The average Bonchev–Trinajstić information content (AvgIpc) is 2.42. The van der Waals surface area contributed by atoms with E-state index in [4.69, 9.17) is 10.00 Å². The van der Waals surface area contributed by atoms with Crippen molar-refractivity contribution >= 4 is 0 Å². The van der Waals surface area contributed by atoms with Gasteiger partial charge in [-0.15, -0.1) is 0 Å². The zero-order chi connectivity index (χ0) is 13.1. The number of hydrogen-bond acceptors (Lipinski definition) is 3. The second kappa shape index (κ2) is 9.64. The van der Waals surface area contributed by atoms with Crippen molar-refractivity contribution in [3.63, 3.8) is 0 Å². The normalized spacial score (nSPS) is 10.2. The summed E-state index contributed by atoms with van der Waals surface area (Å²) in [6.07, 6.45) is 3.38. The Hall–Kier alpha value is -1.37. The van der Waals surface area contributed by atoms with Gasteiger partial charge in [0.25, 0.3) is 0 Å². The van der Waals surface area contributed by atoms with E-state index in [9.17, 15) is 0 Å². The number of unbranched alkanes of at least 4 members (excludes halogenated alkanes) is 1. The molecule has 3 heteroatoms. The predicted molar refractivity (Wildman–Crippen MR) is 73.2 cm³/mol. The first-order valence-electron chi connectivity index (χ1n) is 6.64. The fraction of sp³-hybridized carbons (Fsp3) is 0.533. The van der Waals surface area contributed by atoms with Gasteiger partial charge < -0.3 is 10.1 Å². The third-order valence-corrected chi connectivity index (χ3v) is 2.70. The highest BCUT2D eigenvalue weighted by Gasteiger charge is 1.94. The molecule has 0 fully saturated rings. The smallest absolute Gasteiger partial charge is 0.0991 e. The van der Waals surface area contributed by atoms with Crippen molar-refractivity contribution in [1.29, 1.82) is 5.26 Å². The lowest BCUT2D eigenvalue weighted by molar-refractivity contribution is 0.129. The minimum atomic E-state index is 0.711. The van der Waals surface area contributed by atoms with E-state index in [1.54, 1.807) is 0 Å². The first kappa shape index (κ1) is 14.7. The zero-order valence-electron chi connectivity index (χ0n) is 11.1. The Kier molecular flexibility index (Phi) is 7.87. The Bertz CT molecular complexity index is 354. The third-order valence-electron chi connectivity index (χ3n) is 2.70. The molecule has 1 aromatic rings. The van der Waals surface area contributed by atoms with Crippen molar-refractivity contribution in [2.24, 2.45) is 0 Å². The summed E-state index contributed by atoms with van der Waals surface area (Å²) in [6.45, 7) is 5.70. The first-order valence-corrected chi connectivity index (χ1v) is 6.64. The van der Waals surface area contributed by atoms with E-state index in [2.05, 4.69) is 18.3 Å². The van der Waals surface area contributed by atoms with Crippen LogP contribution in [0, 0.1) is 11.3 Å². The third kappa shape index (κ3) is 6.39. The van der Waals surface area contributed by atoms with Crippen LogP contribution in [0.3, 0.4) is 0 Å². The van der Waals surface area contributed by atoms with Gasteiger partial charge in [0.05, 0.1) is 11.6 Å². The maximum Gasteiger partial charge on any atom is 0.0991 e. The molecule has 0 radical (unpaired) electrons. The molecule has 3 nitrogen and oxygen atoms in total. The highest BCUT2D eigenvalue weighted by molar-refractivity contribution is 5.31. The molecule has 1 aromatic carbocycles. The number of rotatable bonds is 9. The van der Waals surface area contributed by atoms with E-state index >= 15 is 0 Å². The highest BCUT2D eigenvalue weighted by atomic mass is 16.5. The van der Waals surface area contributed by atoms with E-state index < -0.39 is 0 Å². The highest BCUT2D eigenvalue weighted by Crippen LogP contribution is 2.02.